The van der Waals surface area contributed by atoms with Gasteiger partial charge in [-0.3, -0.25) is 18.7 Å². The van der Waals surface area contributed by atoms with Gasteiger partial charge < -0.3 is 27.6 Å². The maximum Gasteiger partial charge on any atom is 0.344 e. The Kier molecular flexibility index (Phi) is 19.8. The van der Waals surface area contributed by atoms with Gasteiger partial charge >= 0.3 is 27.1 Å². The minimum atomic E-state index is -3.60. The summed E-state index contributed by atoms with van der Waals surface area (Å²) in [6.45, 7) is 11.4. The van der Waals surface area contributed by atoms with E-state index in [-0.39, 0.29) is 39.6 Å². The second-order valence-electron chi connectivity index (χ2n) is 7.99. The molecule has 0 rings (SSSR count). The van der Waals surface area contributed by atoms with Crippen molar-refractivity contribution in [3.63, 3.8) is 0 Å². The average Bonchev–Trinajstić information content (AvgIpc) is 2.81. The van der Waals surface area contributed by atoms with E-state index in [9.17, 15) is 18.7 Å². The number of ether oxygens (including phenoxy) is 2. The van der Waals surface area contributed by atoms with Crippen molar-refractivity contribution in [2.75, 3.05) is 39.6 Å². The van der Waals surface area contributed by atoms with Crippen molar-refractivity contribution < 1.29 is 46.3 Å². The van der Waals surface area contributed by atoms with Gasteiger partial charge in [0.2, 0.25) is 0 Å². The summed E-state index contributed by atoms with van der Waals surface area (Å²) in [4.78, 5) is 24.9. The number of hydrogen-bond donors (Lipinski definition) is 0. The smallest absolute Gasteiger partial charge is 0.344 e. The molecule has 12 heteroatoms. The Balaban J connectivity index is 4.78. The second-order valence-corrected chi connectivity index (χ2v) is 12.4. The zero-order valence-electron chi connectivity index (χ0n) is 23.0. The molecule has 0 N–H and O–H groups in total. The molecule has 0 aliphatic rings. The summed E-state index contributed by atoms with van der Waals surface area (Å²) in [6, 6.07) is 0. The third kappa shape index (κ3) is 12.7. The number of hydrogen-bond acceptors (Lipinski definition) is 10. The standard InChI is InChI=1S/C24H48O10P2/c1-7-29-23(25)21(35(27,31-9-3)32-10-4)19-17-15-13-14-16-18-20-22(24(26)30-8-2)36(28,33-11-5)34-12-6/h21-22H,7-20H2,1-6H3. The fourth-order valence-electron chi connectivity index (χ4n) is 3.82. The van der Waals surface area contributed by atoms with Crippen LogP contribution < -0.4 is 0 Å². The largest absolute Gasteiger partial charge is 0.465 e. The molecule has 0 aromatic heterocycles. The van der Waals surface area contributed by atoms with Crippen LogP contribution in [0, 0.1) is 0 Å². The average molecular weight is 559 g/mol. The fraction of sp³-hybridized carbons (Fsp3) is 0.917. The molecule has 214 valence electrons. The van der Waals surface area contributed by atoms with Crippen LogP contribution in [0.15, 0.2) is 0 Å². The van der Waals surface area contributed by atoms with E-state index < -0.39 is 38.4 Å². The van der Waals surface area contributed by atoms with Gasteiger partial charge in [0.25, 0.3) is 0 Å². The molecule has 0 aliphatic carbocycles. The second kappa shape index (κ2) is 20.2. The van der Waals surface area contributed by atoms with E-state index in [0.717, 1.165) is 25.7 Å². The molecule has 0 aromatic rings. The van der Waals surface area contributed by atoms with Gasteiger partial charge in [-0.2, -0.15) is 0 Å². The van der Waals surface area contributed by atoms with E-state index in [4.69, 9.17) is 27.6 Å². The summed E-state index contributed by atoms with van der Waals surface area (Å²) in [5.41, 5.74) is -1.87. The maximum atomic E-state index is 13.1. The van der Waals surface area contributed by atoms with Crippen LogP contribution in [0.3, 0.4) is 0 Å². The Morgan fingerprint density at radius 2 is 0.778 bits per heavy atom. The van der Waals surface area contributed by atoms with E-state index in [0.29, 0.717) is 25.7 Å². The lowest BCUT2D eigenvalue weighted by Gasteiger charge is -2.25. The van der Waals surface area contributed by atoms with Gasteiger partial charge in [0.1, 0.15) is 0 Å². The third-order valence-corrected chi connectivity index (χ3v) is 10.3. The van der Waals surface area contributed by atoms with E-state index in [1.807, 2.05) is 0 Å². The summed E-state index contributed by atoms with van der Waals surface area (Å²) >= 11 is 0. The fourth-order valence-corrected chi connectivity index (χ4v) is 7.80. The maximum absolute atomic E-state index is 13.1. The molecule has 2 unspecified atom stereocenters. The highest BCUT2D eigenvalue weighted by molar-refractivity contribution is 7.56. The summed E-state index contributed by atoms with van der Waals surface area (Å²) < 4.78 is 58.1. The Morgan fingerprint density at radius 3 is 1.03 bits per heavy atom. The minimum absolute atomic E-state index is 0.180. The first-order valence-corrected chi connectivity index (χ1v) is 16.5. The van der Waals surface area contributed by atoms with Crippen molar-refractivity contribution in [3.05, 3.63) is 0 Å². The van der Waals surface area contributed by atoms with Crippen LogP contribution in [0.25, 0.3) is 0 Å². The van der Waals surface area contributed by atoms with Crippen molar-refractivity contribution in [3.8, 4) is 0 Å². The first kappa shape index (κ1) is 35.2. The number of carbonyl (C=O) groups excluding carboxylic acids is 2. The SMILES string of the molecule is CCOC(=O)C(CCCCCCCCC(C(=O)OCC)P(=O)(OCC)OCC)P(=O)(OCC)OCC. The molecule has 0 aromatic carbocycles. The summed E-state index contributed by atoms with van der Waals surface area (Å²) in [5.74, 6) is -1.11. The lowest BCUT2D eigenvalue weighted by molar-refractivity contribution is -0.144. The summed E-state index contributed by atoms with van der Waals surface area (Å²) in [7, 11) is -7.21. The van der Waals surface area contributed by atoms with Crippen LogP contribution in [0.4, 0.5) is 0 Å². The summed E-state index contributed by atoms with van der Waals surface area (Å²) in [5, 5.41) is 0. The Bertz CT molecular complexity index is 622. The normalized spacial score (nSPS) is 13.8. The zero-order valence-corrected chi connectivity index (χ0v) is 24.8. The van der Waals surface area contributed by atoms with Gasteiger partial charge in [-0.15, -0.1) is 0 Å². The molecule has 0 saturated heterocycles. The highest BCUT2D eigenvalue weighted by atomic mass is 31.2. The first-order valence-electron chi connectivity index (χ1n) is 13.3. The molecule has 0 saturated carbocycles. The molecule has 0 radical (unpaired) electrons. The van der Waals surface area contributed by atoms with Gasteiger partial charge in [0.15, 0.2) is 11.3 Å². The number of unbranched alkanes of at least 4 members (excludes halogenated alkanes) is 5. The molecular formula is C24H48O10P2. The van der Waals surface area contributed by atoms with Crippen LogP contribution in [0.2, 0.25) is 0 Å². The molecule has 0 heterocycles. The molecule has 2 atom stereocenters. The van der Waals surface area contributed by atoms with Crippen LogP contribution in [-0.2, 0) is 46.3 Å². The highest BCUT2D eigenvalue weighted by Crippen LogP contribution is 2.56. The molecule has 0 spiro atoms. The molecule has 0 fully saturated rings. The van der Waals surface area contributed by atoms with Gasteiger partial charge in [-0.05, 0) is 54.4 Å². The lowest BCUT2D eigenvalue weighted by atomic mass is 10.1. The Labute approximate surface area is 217 Å². The lowest BCUT2D eigenvalue weighted by Crippen LogP contribution is -2.26. The number of carbonyl (C=O) groups is 2. The van der Waals surface area contributed by atoms with E-state index in [1.54, 1.807) is 41.5 Å². The predicted molar refractivity (Wildman–Crippen MR) is 139 cm³/mol. The monoisotopic (exact) mass is 558 g/mol. The zero-order chi connectivity index (χ0) is 27.5. The van der Waals surface area contributed by atoms with Crippen LogP contribution in [0.5, 0.6) is 0 Å². The topological polar surface area (TPSA) is 124 Å². The molecule has 10 nitrogen and oxygen atoms in total. The van der Waals surface area contributed by atoms with Crippen LogP contribution in [-0.4, -0.2) is 62.9 Å². The van der Waals surface area contributed by atoms with E-state index in [2.05, 4.69) is 0 Å². The van der Waals surface area contributed by atoms with E-state index >= 15 is 0 Å². The number of esters is 2. The quantitative estimate of drug-likeness (QED) is 0.0779. The van der Waals surface area contributed by atoms with Crippen molar-refractivity contribution in [2.45, 2.75) is 104 Å². The number of rotatable bonds is 23. The van der Waals surface area contributed by atoms with Gasteiger partial charge in [0.05, 0.1) is 39.6 Å². The molecule has 0 bridgehead atoms. The van der Waals surface area contributed by atoms with E-state index in [1.165, 1.54) is 0 Å². The van der Waals surface area contributed by atoms with Gasteiger partial charge in [0, 0.05) is 0 Å². The van der Waals surface area contributed by atoms with Crippen LogP contribution >= 0.6 is 15.2 Å². The predicted octanol–water partition coefficient (Wildman–Crippen LogP) is 6.50. The molecule has 0 amide bonds. The van der Waals surface area contributed by atoms with Gasteiger partial charge in [-0.25, -0.2) is 0 Å². The van der Waals surface area contributed by atoms with Crippen molar-refractivity contribution in [1.29, 1.82) is 0 Å². The summed E-state index contributed by atoms with van der Waals surface area (Å²) in [6.07, 6.45) is 5.48. The highest BCUT2D eigenvalue weighted by Gasteiger charge is 2.42. The molecule has 36 heavy (non-hydrogen) atoms. The van der Waals surface area contributed by atoms with Crippen molar-refractivity contribution >= 4 is 27.1 Å². The Hall–Kier alpha value is -0.760. The van der Waals surface area contributed by atoms with Crippen LogP contribution in [0.1, 0.15) is 92.9 Å². The third-order valence-electron chi connectivity index (χ3n) is 5.32. The van der Waals surface area contributed by atoms with Gasteiger partial charge in [-0.1, -0.05) is 38.5 Å². The van der Waals surface area contributed by atoms with Crippen molar-refractivity contribution in [2.24, 2.45) is 0 Å². The Morgan fingerprint density at radius 1 is 0.500 bits per heavy atom. The minimum Gasteiger partial charge on any atom is -0.465 e. The van der Waals surface area contributed by atoms with Crippen molar-refractivity contribution in [1.82, 2.24) is 0 Å². The molecular weight excluding hydrogens is 510 g/mol. The first-order chi connectivity index (χ1) is 17.2. The molecule has 0 aliphatic heterocycles.